The Labute approximate surface area is 363 Å². The van der Waals surface area contributed by atoms with E-state index in [0.29, 0.717) is 39.6 Å². The number of nitrogens with zero attached hydrogens (tertiary/aromatic N) is 4. The molecule has 0 saturated heterocycles. The van der Waals surface area contributed by atoms with Crippen molar-refractivity contribution in [1.82, 2.24) is 19.5 Å². The number of rotatable bonds is 7. The zero-order chi connectivity index (χ0) is 44.5. The average molecular weight is 797 g/mol. The second-order valence-electron chi connectivity index (χ2n) is 15.3. The molecule has 0 atom stereocenters. The lowest BCUT2D eigenvalue weighted by atomic mass is 9.97. The number of fused-ring (bicyclic) bond motifs is 6. The third kappa shape index (κ3) is 6.14. The maximum absolute atomic E-state index is 9.35. The van der Waals surface area contributed by atoms with Gasteiger partial charge in [-0.15, -0.1) is 0 Å². The van der Waals surface area contributed by atoms with E-state index in [9.17, 15) is 2.74 Å². The van der Waals surface area contributed by atoms with E-state index >= 15 is 0 Å². The summed E-state index contributed by atoms with van der Waals surface area (Å²) in [6.07, 6.45) is 0. The van der Waals surface area contributed by atoms with Crippen LogP contribution < -0.4 is 0 Å². The molecular formula is C57H36N4O. The molecule has 0 fully saturated rings. The molecule has 0 N–H and O–H groups in total. The Morgan fingerprint density at radius 1 is 0.371 bits per heavy atom. The molecule has 62 heavy (non-hydrogen) atoms. The highest BCUT2D eigenvalue weighted by atomic mass is 16.3. The smallest absolute Gasteiger partial charge is 0.164 e. The van der Waals surface area contributed by atoms with Gasteiger partial charge < -0.3 is 8.98 Å². The largest absolute Gasteiger partial charge is 0.456 e. The molecule has 0 radical (unpaired) electrons. The zero-order valence-corrected chi connectivity index (χ0v) is 33.2. The van der Waals surface area contributed by atoms with Crippen molar-refractivity contribution in [2.45, 2.75) is 0 Å². The van der Waals surface area contributed by atoms with Crippen LogP contribution in [-0.4, -0.2) is 19.5 Å². The molecule has 0 spiro atoms. The lowest BCUT2D eigenvalue weighted by Crippen LogP contribution is -2.01. The highest BCUT2D eigenvalue weighted by Crippen LogP contribution is 2.40. The molecule has 0 bridgehead atoms. The number of para-hydroxylation sites is 3. The van der Waals surface area contributed by atoms with Crippen molar-refractivity contribution in [2.75, 3.05) is 0 Å². The number of hydrogen-bond acceptors (Lipinski definition) is 4. The molecular weight excluding hydrogens is 757 g/mol. The van der Waals surface area contributed by atoms with Crippen LogP contribution in [0, 0.1) is 0 Å². The van der Waals surface area contributed by atoms with Crippen LogP contribution in [0.2, 0.25) is 0 Å². The van der Waals surface area contributed by atoms with Gasteiger partial charge in [0.1, 0.15) is 11.2 Å². The van der Waals surface area contributed by atoms with Crippen LogP contribution in [0.3, 0.4) is 0 Å². The second kappa shape index (κ2) is 14.7. The Kier molecular flexibility index (Phi) is 7.47. The van der Waals surface area contributed by atoms with E-state index in [1.807, 2.05) is 126 Å². The van der Waals surface area contributed by atoms with Crippen molar-refractivity contribution in [3.05, 3.63) is 218 Å². The summed E-state index contributed by atoms with van der Waals surface area (Å²) in [6, 6.07) is 64.0. The summed E-state index contributed by atoms with van der Waals surface area (Å²) < 4.78 is 44.3. The first-order chi connectivity index (χ1) is 32.4. The molecule has 0 amide bonds. The van der Waals surface area contributed by atoms with Gasteiger partial charge in [0.05, 0.1) is 16.5 Å². The molecule has 0 aliphatic rings. The first-order valence-corrected chi connectivity index (χ1v) is 20.5. The standard InChI is InChI=1S/C57H36N4O/c1-3-14-37(15-4-1)39-28-30-40(31-29-39)55-58-56(60-57(59-55)44-32-33-53-50(36-44)48-23-8-10-27-52(48)62-53)43-20-12-21-45(35-43)61-51-26-9-7-22-47(51)49-25-13-24-46(54(49)61)42-19-11-18-41(34-42)38-16-5-2-6-17-38/h1-36H/i7D,9D,22D,26D. The summed E-state index contributed by atoms with van der Waals surface area (Å²) in [4.78, 5) is 15.4. The van der Waals surface area contributed by atoms with E-state index in [1.165, 1.54) is 0 Å². The van der Waals surface area contributed by atoms with Gasteiger partial charge in [-0.25, -0.2) is 15.0 Å². The molecule has 0 aliphatic carbocycles. The molecule has 12 aromatic rings. The Morgan fingerprint density at radius 2 is 0.919 bits per heavy atom. The van der Waals surface area contributed by atoms with Crippen LogP contribution in [0.4, 0.5) is 0 Å². The van der Waals surface area contributed by atoms with Crippen LogP contribution in [0.5, 0.6) is 0 Å². The van der Waals surface area contributed by atoms with E-state index in [0.717, 1.165) is 77.3 Å². The fraction of sp³-hybridized carbons (Fsp3) is 0. The van der Waals surface area contributed by atoms with E-state index in [4.69, 9.17) is 22.1 Å². The van der Waals surface area contributed by atoms with Gasteiger partial charge in [0, 0.05) is 49.5 Å². The minimum absolute atomic E-state index is 0.0894. The van der Waals surface area contributed by atoms with Crippen LogP contribution in [0.1, 0.15) is 5.48 Å². The van der Waals surface area contributed by atoms with Gasteiger partial charge in [-0.05, 0) is 76.3 Å². The maximum Gasteiger partial charge on any atom is 0.164 e. The Balaban J connectivity index is 1.07. The van der Waals surface area contributed by atoms with Gasteiger partial charge in [0.15, 0.2) is 17.5 Å². The van der Waals surface area contributed by atoms with Crippen molar-refractivity contribution in [3.63, 3.8) is 0 Å². The zero-order valence-electron chi connectivity index (χ0n) is 37.2. The highest BCUT2D eigenvalue weighted by molar-refractivity contribution is 6.14. The number of aromatic nitrogens is 4. The van der Waals surface area contributed by atoms with E-state index in [1.54, 1.807) is 0 Å². The molecule has 3 heterocycles. The predicted octanol–water partition coefficient (Wildman–Crippen LogP) is 14.9. The molecule has 5 nitrogen and oxygen atoms in total. The molecule has 12 rings (SSSR count). The van der Waals surface area contributed by atoms with E-state index < -0.39 is 0 Å². The second-order valence-corrected chi connectivity index (χ2v) is 15.3. The number of benzene rings is 9. The van der Waals surface area contributed by atoms with Gasteiger partial charge in [-0.2, -0.15) is 0 Å². The average Bonchev–Trinajstić information content (AvgIpc) is 3.94. The Morgan fingerprint density at radius 3 is 1.73 bits per heavy atom. The summed E-state index contributed by atoms with van der Waals surface area (Å²) in [5, 5.41) is 3.13. The van der Waals surface area contributed by atoms with E-state index in [-0.39, 0.29) is 24.2 Å². The molecule has 9 aromatic carbocycles. The van der Waals surface area contributed by atoms with Gasteiger partial charge in [0.2, 0.25) is 0 Å². The summed E-state index contributed by atoms with van der Waals surface area (Å²) >= 11 is 0. The SMILES string of the molecule is [2H]c1c([2H])c([2H])c2c(c1[2H])c1cccc(-c3cccc(-c4ccccc4)c3)c1n2-c1cccc(-c2nc(-c3ccc(-c4ccccc4)cc3)nc(-c3ccc4oc5ccccc5c4c3)n2)c1. The summed E-state index contributed by atoms with van der Waals surface area (Å²) in [5.74, 6) is 1.44. The summed E-state index contributed by atoms with van der Waals surface area (Å²) in [6.45, 7) is 0. The van der Waals surface area contributed by atoms with Crippen molar-refractivity contribution >= 4 is 43.7 Å². The van der Waals surface area contributed by atoms with Gasteiger partial charge >= 0.3 is 0 Å². The lowest BCUT2D eigenvalue weighted by Gasteiger charge is -2.14. The van der Waals surface area contributed by atoms with Gasteiger partial charge in [-0.1, -0.05) is 170 Å². The Hall–Kier alpha value is -8.41. The minimum atomic E-state index is -0.298. The first kappa shape index (κ1) is 31.5. The lowest BCUT2D eigenvalue weighted by molar-refractivity contribution is 0.669. The van der Waals surface area contributed by atoms with Gasteiger partial charge in [0.25, 0.3) is 0 Å². The number of furan rings is 1. The van der Waals surface area contributed by atoms with Crippen LogP contribution >= 0.6 is 0 Å². The van der Waals surface area contributed by atoms with Crippen molar-refractivity contribution in [2.24, 2.45) is 0 Å². The van der Waals surface area contributed by atoms with Crippen molar-refractivity contribution in [1.29, 1.82) is 0 Å². The Bertz CT molecular complexity index is 3870. The van der Waals surface area contributed by atoms with Crippen LogP contribution in [0.15, 0.2) is 223 Å². The maximum atomic E-state index is 9.35. The quantitative estimate of drug-likeness (QED) is 0.161. The third-order valence-corrected chi connectivity index (χ3v) is 11.6. The molecule has 0 unspecified atom stereocenters. The summed E-state index contributed by atoms with van der Waals surface area (Å²) in [5.41, 5.74) is 11.9. The van der Waals surface area contributed by atoms with Crippen LogP contribution in [0.25, 0.3) is 117 Å². The van der Waals surface area contributed by atoms with Crippen molar-refractivity contribution < 1.29 is 9.90 Å². The number of hydrogen-bond donors (Lipinski definition) is 0. The van der Waals surface area contributed by atoms with Crippen LogP contribution in [-0.2, 0) is 0 Å². The van der Waals surface area contributed by atoms with Crippen molar-refractivity contribution in [3.8, 4) is 73.2 Å². The minimum Gasteiger partial charge on any atom is -0.456 e. The topological polar surface area (TPSA) is 56.7 Å². The molecule has 0 saturated carbocycles. The third-order valence-electron chi connectivity index (χ3n) is 11.6. The predicted molar refractivity (Wildman–Crippen MR) is 254 cm³/mol. The monoisotopic (exact) mass is 796 g/mol. The fourth-order valence-corrected chi connectivity index (χ4v) is 8.61. The van der Waals surface area contributed by atoms with Gasteiger partial charge in [-0.3, -0.25) is 0 Å². The highest BCUT2D eigenvalue weighted by Gasteiger charge is 2.19. The normalized spacial score (nSPS) is 12.5. The molecule has 0 aliphatic heterocycles. The molecule has 5 heteroatoms. The summed E-state index contributed by atoms with van der Waals surface area (Å²) in [7, 11) is 0. The molecule has 3 aromatic heterocycles. The molecule has 290 valence electrons. The fourth-order valence-electron chi connectivity index (χ4n) is 8.61. The first-order valence-electron chi connectivity index (χ1n) is 22.5. The van der Waals surface area contributed by atoms with E-state index in [2.05, 4.69) is 72.8 Å².